The maximum absolute atomic E-state index is 15.7. The lowest BCUT2D eigenvalue weighted by molar-refractivity contribution is 0.0635. The van der Waals surface area contributed by atoms with E-state index >= 15 is 4.39 Å². The molecule has 0 aliphatic carbocycles. The highest BCUT2D eigenvalue weighted by Gasteiger charge is 2.26. The van der Waals surface area contributed by atoms with Gasteiger partial charge in [0.2, 0.25) is 5.95 Å². The molecule has 0 unspecified atom stereocenters. The highest BCUT2D eigenvalue weighted by Crippen LogP contribution is 2.41. The average Bonchev–Trinajstić information content (AvgIpc) is 3.28. The summed E-state index contributed by atoms with van der Waals surface area (Å²) in [6.45, 7) is 11.9. The lowest BCUT2D eigenvalue weighted by Gasteiger charge is -2.20. The van der Waals surface area contributed by atoms with E-state index in [1.807, 2.05) is 20.8 Å². The molecule has 2 amide bonds. The van der Waals surface area contributed by atoms with E-state index in [0.29, 0.717) is 35.3 Å². The maximum Gasteiger partial charge on any atom is 0.412 e. The van der Waals surface area contributed by atoms with Crippen LogP contribution in [0.1, 0.15) is 46.6 Å². The lowest BCUT2D eigenvalue weighted by atomic mass is 9.98. The van der Waals surface area contributed by atoms with Crippen molar-refractivity contribution in [3.63, 3.8) is 0 Å². The first kappa shape index (κ1) is 28.8. The van der Waals surface area contributed by atoms with Crippen LogP contribution in [0.5, 0.6) is 0 Å². The van der Waals surface area contributed by atoms with Gasteiger partial charge >= 0.3 is 12.2 Å². The SMILES string of the molecule is COC(=O)NCCNc1nccc(-c2sc(C(C)(C)C)nc2-c2cccc(NC(=O)OC(C)(C)C)c2F)n1. The van der Waals surface area contributed by atoms with Crippen LogP contribution >= 0.6 is 11.3 Å². The fourth-order valence-electron chi connectivity index (χ4n) is 3.20. The third-order valence-corrected chi connectivity index (χ3v) is 6.41. The van der Waals surface area contributed by atoms with Crippen LogP contribution in [0.2, 0.25) is 0 Å². The molecule has 0 saturated heterocycles. The molecule has 0 spiro atoms. The van der Waals surface area contributed by atoms with Gasteiger partial charge in [-0.1, -0.05) is 26.8 Å². The highest BCUT2D eigenvalue weighted by molar-refractivity contribution is 7.15. The first-order valence-electron chi connectivity index (χ1n) is 12.0. The summed E-state index contributed by atoms with van der Waals surface area (Å²) in [5, 5.41) is 8.90. The molecule has 38 heavy (non-hydrogen) atoms. The molecule has 0 bridgehead atoms. The number of carbonyl (C=O) groups is 2. The summed E-state index contributed by atoms with van der Waals surface area (Å²) in [6, 6.07) is 6.45. The van der Waals surface area contributed by atoms with E-state index < -0.39 is 23.6 Å². The molecular weight excluding hydrogens is 511 g/mol. The molecule has 1 aromatic carbocycles. The number of ether oxygens (including phenoxy) is 2. The quantitative estimate of drug-likeness (QED) is 0.318. The van der Waals surface area contributed by atoms with Crippen LogP contribution in [0, 0.1) is 5.82 Å². The van der Waals surface area contributed by atoms with E-state index in [0.717, 1.165) is 5.01 Å². The topological polar surface area (TPSA) is 127 Å². The van der Waals surface area contributed by atoms with Gasteiger partial charge in [0.05, 0.1) is 34.1 Å². The van der Waals surface area contributed by atoms with Gasteiger partial charge in [-0.25, -0.2) is 28.9 Å². The smallest absolute Gasteiger partial charge is 0.412 e. The lowest BCUT2D eigenvalue weighted by Crippen LogP contribution is -2.28. The highest BCUT2D eigenvalue weighted by atomic mass is 32.1. The second-order valence-electron chi connectivity index (χ2n) is 10.4. The number of hydrogen-bond acceptors (Lipinski definition) is 9. The zero-order valence-corrected chi connectivity index (χ0v) is 23.4. The van der Waals surface area contributed by atoms with E-state index in [1.165, 1.54) is 24.5 Å². The summed E-state index contributed by atoms with van der Waals surface area (Å²) in [4.78, 5) is 37.8. The van der Waals surface area contributed by atoms with Crippen molar-refractivity contribution in [2.45, 2.75) is 52.6 Å². The van der Waals surface area contributed by atoms with Crippen molar-refractivity contribution < 1.29 is 23.5 Å². The largest absolute Gasteiger partial charge is 0.453 e. The van der Waals surface area contributed by atoms with Gasteiger partial charge in [0, 0.05) is 30.3 Å². The number of anilines is 2. The number of methoxy groups -OCH3 is 1. The molecule has 0 aliphatic heterocycles. The Labute approximate surface area is 225 Å². The number of thiazole rings is 1. The second kappa shape index (κ2) is 11.7. The van der Waals surface area contributed by atoms with Crippen molar-refractivity contribution in [2.24, 2.45) is 0 Å². The van der Waals surface area contributed by atoms with E-state index in [4.69, 9.17) is 9.72 Å². The minimum absolute atomic E-state index is 0.0174. The summed E-state index contributed by atoms with van der Waals surface area (Å²) in [7, 11) is 1.29. The molecule has 0 atom stereocenters. The van der Waals surface area contributed by atoms with E-state index in [9.17, 15) is 9.59 Å². The fourth-order valence-corrected chi connectivity index (χ4v) is 4.31. The number of halogens is 1. The molecule has 2 aromatic heterocycles. The molecule has 0 saturated carbocycles. The number of carbonyl (C=O) groups excluding carboxylic acids is 2. The zero-order chi connectivity index (χ0) is 28.1. The summed E-state index contributed by atoms with van der Waals surface area (Å²) < 4.78 is 25.6. The minimum atomic E-state index is -0.754. The van der Waals surface area contributed by atoms with Crippen molar-refractivity contribution >= 4 is 35.2 Å². The number of nitrogens with zero attached hydrogens (tertiary/aromatic N) is 3. The number of benzene rings is 1. The third-order valence-electron chi connectivity index (χ3n) is 4.91. The number of amides is 2. The fraction of sp³-hybridized carbons (Fsp3) is 0.423. The number of hydrogen-bond donors (Lipinski definition) is 3. The van der Waals surface area contributed by atoms with E-state index in [-0.39, 0.29) is 16.7 Å². The van der Waals surface area contributed by atoms with Crippen LogP contribution in [0.3, 0.4) is 0 Å². The Balaban J connectivity index is 1.97. The van der Waals surface area contributed by atoms with Gasteiger partial charge in [-0.2, -0.15) is 0 Å². The normalized spacial score (nSPS) is 11.6. The van der Waals surface area contributed by atoms with Crippen molar-refractivity contribution in [3.8, 4) is 21.8 Å². The van der Waals surface area contributed by atoms with Gasteiger partial charge in [0.25, 0.3) is 0 Å². The second-order valence-corrected chi connectivity index (χ2v) is 11.4. The predicted molar refractivity (Wildman–Crippen MR) is 146 cm³/mol. The van der Waals surface area contributed by atoms with Gasteiger partial charge < -0.3 is 20.1 Å². The molecule has 0 aliphatic rings. The van der Waals surface area contributed by atoms with Crippen LogP contribution in [-0.2, 0) is 14.9 Å². The van der Waals surface area contributed by atoms with Gasteiger partial charge in [-0.3, -0.25) is 5.32 Å². The summed E-state index contributed by atoms with van der Waals surface area (Å²) in [5.41, 5.74) is 0.134. The molecule has 3 rings (SSSR count). The molecule has 2 heterocycles. The maximum atomic E-state index is 15.7. The molecule has 10 nitrogen and oxygen atoms in total. The number of rotatable bonds is 7. The third kappa shape index (κ3) is 7.60. The first-order valence-corrected chi connectivity index (χ1v) is 12.8. The van der Waals surface area contributed by atoms with Crippen LogP contribution in [0.25, 0.3) is 21.8 Å². The first-order chi connectivity index (χ1) is 17.8. The Hall–Kier alpha value is -3.80. The van der Waals surface area contributed by atoms with Crippen molar-refractivity contribution in [3.05, 3.63) is 41.3 Å². The Morgan fingerprint density at radius 2 is 1.76 bits per heavy atom. The molecule has 0 fully saturated rings. The van der Waals surface area contributed by atoms with Crippen molar-refractivity contribution in [1.82, 2.24) is 20.3 Å². The number of aromatic nitrogens is 3. The zero-order valence-electron chi connectivity index (χ0n) is 22.6. The molecule has 204 valence electrons. The van der Waals surface area contributed by atoms with Gasteiger partial charge in [-0.15, -0.1) is 11.3 Å². The molecule has 3 N–H and O–H groups in total. The van der Waals surface area contributed by atoms with Crippen LogP contribution in [0.4, 0.5) is 25.6 Å². The summed E-state index contributed by atoms with van der Waals surface area (Å²) >= 11 is 1.41. The molecule has 3 aromatic rings. The van der Waals surface area contributed by atoms with E-state index in [2.05, 4.69) is 30.7 Å². The van der Waals surface area contributed by atoms with Gasteiger partial charge in [0.1, 0.15) is 5.60 Å². The molecular formula is C26H33FN6O4S. The Morgan fingerprint density at radius 3 is 2.42 bits per heavy atom. The van der Waals surface area contributed by atoms with Crippen LogP contribution in [-0.4, -0.2) is 52.9 Å². The van der Waals surface area contributed by atoms with Crippen molar-refractivity contribution in [1.29, 1.82) is 0 Å². The summed E-state index contributed by atoms with van der Waals surface area (Å²) in [5.74, 6) is -0.293. The van der Waals surface area contributed by atoms with Crippen molar-refractivity contribution in [2.75, 3.05) is 30.8 Å². The molecule has 12 heteroatoms. The minimum Gasteiger partial charge on any atom is -0.453 e. The Morgan fingerprint density at radius 1 is 1.03 bits per heavy atom. The Kier molecular flexibility index (Phi) is 8.87. The van der Waals surface area contributed by atoms with Crippen LogP contribution < -0.4 is 16.0 Å². The van der Waals surface area contributed by atoms with E-state index in [1.54, 1.807) is 45.2 Å². The Bertz CT molecular complexity index is 1300. The van der Waals surface area contributed by atoms with Gasteiger partial charge in [-0.05, 0) is 39.0 Å². The standard InChI is InChI=1S/C26H33FN6O4S/c1-25(2,3)21-33-19(15-9-8-10-16(18(15)27)32-24(35)37-26(4,5)6)20(38-21)17-11-12-28-22(31-17)29-13-14-30-23(34)36-7/h8-12H,13-14H2,1-7H3,(H,30,34)(H,32,35)(H,28,29,31). The average molecular weight is 545 g/mol. The summed E-state index contributed by atoms with van der Waals surface area (Å²) in [6.07, 6.45) is 0.307. The monoisotopic (exact) mass is 544 g/mol. The number of alkyl carbamates (subject to hydrolysis) is 1. The predicted octanol–water partition coefficient (Wildman–Crippen LogP) is 5.82. The molecule has 0 radical (unpaired) electrons. The number of nitrogens with one attached hydrogen (secondary N) is 3. The van der Waals surface area contributed by atoms with Crippen LogP contribution in [0.15, 0.2) is 30.5 Å². The van der Waals surface area contributed by atoms with Gasteiger partial charge in [0.15, 0.2) is 5.82 Å².